The lowest BCUT2D eigenvalue weighted by atomic mass is 10.0. The monoisotopic (exact) mass is 372 g/mol. The molecule has 0 saturated heterocycles. The Balaban J connectivity index is 2.25. The number of allylic oxidation sites excluding steroid dienone is 1. The molecule has 0 aromatic heterocycles. The largest absolute Gasteiger partial charge is 0.385 e. The molecule has 2 aromatic rings. The zero-order valence-corrected chi connectivity index (χ0v) is 16.8. The Hall–Kier alpha value is -2.78. The van der Waals surface area contributed by atoms with Gasteiger partial charge in [-0.05, 0) is 37.5 Å². The third-order valence-electron chi connectivity index (χ3n) is 4.07. The van der Waals surface area contributed by atoms with E-state index in [2.05, 4.69) is 35.8 Å². The van der Waals surface area contributed by atoms with E-state index in [9.17, 15) is 0 Å². The second kappa shape index (κ2) is 13.4. The quantitative estimate of drug-likeness (QED) is 0.446. The van der Waals surface area contributed by atoms with Gasteiger partial charge >= 0.3 is 0 Å². The normalized spacial score (nSPS) is 11.7. The molecule has 2 aromatic carbocycles. The summed E-state index contributed by atoms with van der Waals surface area (Å²) < 4.78 is 11.1. The summed E-state index contributed by atoms with van der Waals surface area (Å²) in [6.07, 6.45) is 4.56. The molecule has 1 unspecified atom stereocenters. The fourth-order valence-electron chi connectivity index (χ4n) is 2.68. The molecule has 0 bridgehead atoms. The van der Waals surface area contributed by atoms with E-state index in [-0.39, 0.29) is 6.10 Å². The maximum Gasteiger partial charge on any atom is 0.116 e. The topological polar surface area (TPSA) is 18.5 Å². The molecule has 2 heteroatoms. The van der Waals surface area contributed by atoms with Crippen molar-refractivity contribution in [1.29, 1.82) is 0 Å². The Labute approximate surface area is 169 Å². The summed E-state index contributed by atoms with van der Waals surface area (Å²) in [4.78, 5) is 0. The Bertz CT molecular complexity index is 830. The molecule has 1 atom stereocenters. The Kier molecular flexibility index (Phi) is 10.3. The summed E-state index contributed by atoms with van der Waals surface area (Å²) in [6, 6.07) is 20.1. The predicted octanol–water partition coefficient (Wildman–Crippen LogP) is 5.56. The van der Waals surface area contributed by atoms with Gasteiger partial charge in [-0.1, -0.05) is 72.2 Å². The van der Waals surface area contributed by atoms with Crippen LogP contribution in [0.3, 0.4) is 0 Å². The van der Waals surface area contributed by atoms with Crippen LogP contribution in [0.2, 0.25) is 0 Å². The van der Waals surface area contributed by atoms with E-state index in [1.54, 1.807) is 7.11 Å². The Morgan fingerprint density at radius 1 is 1.00 bits per heavy atom. The molecular weight excluding hydrogens is 344 g/mol. The number of ether oxygens (including phenoxy) is 2. The number of unbranched alkanes of at least 4 members (excludes halogenated alkanes) is 2. The fraction of sp³-hybridized carbons (Fsp3) is 0.308. The molecule has 0 aliphatic carbocycles. The molecule has 2 rings (SSSR count). The van der Waals surface area contributed by atoms with Crippen molar-refractivity contribution in [3.05, 3.63) is 83.4 Å². The summed E-state index contributed by atoms with van der Waals surface area (Å²) in [7, 11) is 1.73. The molecule has 0 N–H and O–H groups in total. The van der Waals surface area contributed by atoms with Gasteiger partial charge < -0.3 is 9.47 Å². The zero-order chi connectivity index (χ0) is 19.9. The molecule has 0 heterocycles. The molecule has 28 heavy (non-hydrogen) atoms. The summed E-state index contributed by atoms with van der Waals surface area (Å²) in [5, 5.41) is 0. The maximum absolute atomic E-state index is 6.03. The molecule has 0 spiro atoms. The van der Waals surface area contributed by atoms with E-state index in [1.165, 1.54) is 0 Å². The highest BCUT2D eigenvalue weighted by molar-refractivity contribution is 5.45. The third kappa shape index (κ3) is 7.85. The van der Waals surface area contributed by atoms with Crippen LogP contribution in [-0.4, -0.2) is 20.3 Å². The number of methoxy groups -OCH3 is 1. The molecule has 0 amide bonds. The predicted molar refractivity (Wildman–Crippen MR) is 116 cm³/mol. The second-order valence-corrected chi connectivity index (χ2v) is 6.23. The molecular formula is C26H28O2. The lowest BCUT2D eigenvalue weighted by Crippen LogP contribution is -2.06. The zero-order valence-electron chi connectivity index (χ0n) is 16.8. The van der Waals surface area contributed by atoms with Crippen molar-refractivity contribution in [2.45, 2.75) is 32.3 Å². The summed E-state index contributed by atoms with van der Waals surface area (Å²) in [6.45, 7) is 3.39. The van der Waals surface area contributed by atoms with Crippen molar-refractivity contribution < 1.29 is 9.47 Å². The number of benzene rings is 2. The molecule has 0 aliphatic rings. The van der Waals surface area contributed by atoms with E-state index < -0.39 is 0 Å². The minimum atomic E-state index is -0.206. The van der Waals surface area contributed by atoms with E-state index in [1.807, 2.05) is 61.5 Å². The van der Waals surface area contributed by atoms with Crippen LogP contribution in [-0.2, 0) is 9.47 Å². The maximum atomic E-state index is 6.03. The molecule has 144 valence electrons. The van der Waals surface area contributed by atoms with Gasteiger partial charge in [0.25, 0.3) is 0 Å². The van der Waals surface area contributed by atoms with E-state index in [4.69, 9.17) is 9.47 Å². The second-order valence-electron chi connectivity index (χ2n) is 6.23. The van der Waals surface area contributed by atoms with Crippen LogP contribution in [0.5, 0.6) is 0 Å². The van der Waals surface area contributed by atoms with Gasteiger partial charge in [-0.3, -0.25) is 0 Å². The average molecular weight is 373 g/mol. The first-order valence-corrected chi connectivity index (χ1v) is 9.76. The molecule has 0 aliphatic heterocycles. The van der Waals surface area contributed by atoms with Crippen LogP contribution in [0.25, 0.3) is 0 Å². The van der Waals surface area contributed by atoms with E-state index in [0.29, 0.717) is 6.61 Å². The Morgan fingerprint density at radius 3 is 2.39 bits per heavy atom. The number of hydrogen-bond donors (Lipinski definition) is 0. The van der Waals surface area contributed by atoms with Crippen molar-refractivity contribution in [3.63, 3.8) is 0 Å². The number of hydrogen-bond acceptors (Lipinski definition) is 2. The van der Waals surface area contributed by atoms with Gasteiger partial charge in [-0.25, -0.2) is 0 Å². The third-order valence-corrected chi connectivity index (χ3v) is 4.07. The molecule has 0 radical (unpaired) electrons. The summed E-state index contributed by atoms with van der Waals surface area (Å²) in [5.74, 6) is 12.9. The van der Waals surface area contributed by atoms with Gasteiger partial charge in [0.2, 0.25) is 0 Å². The van der Waals surface area contributed by atoms with Gasteiger partial charge in [0.15, 0.2) is 0 Å². The minimum Gasteiger partial charge on any atom is -0.385 e. The van der Waals surface area contributed by atoms with Gasteiger partial charge in [0.05, 0.1) is 0 Å². The Morgan fingerprint density at radius 2 is 1.71 bits per heavy atom. The first kappa shape index (κ1) is 21.5. The average Bonchev–Trinajstić information content (AvgIpc) is 2.75. The summed E-state index contributed by atoms with van der Waals surface area (Å²) in [5.41, 5.74) is 2.97. The highest BCUT2D eigenvalue weighted by Crippen LogP contribution is 2.25. The van der Waals surface area contributed by atoms with Crippen molar-refractivity contribution >= 4 is 0 Å². The standard InChI is InChI=1S/C26H28O2/c1-3-28-26(24-19-11-7-12-20-24)25(18-10-4-5-13-22-27-2)21-14-17-23-15-8-6-9-16-23/h6-9,11-12,15-16,19-21,26H,3-5,13,22H2,1-2H3/b25-21+. The molecule has 2 nitrogen and oxygen atoms in total. The SMILES string of the molecule is CCOC(/C(C#CCCCCOC)=C/C#Cc1ccccc1)c1ccccc1. The van der Waals surface area contributed by atoms with Crippen molar-refractivity contribution in [1.82, 2.24) is 0 Å². The first-order valence-electron chi connectivity index (χ1n) is 9.76. The molecule has 0 fully saturated rings. The highest BCUT2D eigenvalue weighted by atomic mass is 16.5. The van der Waals surface area contributed by atoms with E-state index in [0.717, 1.165) is 42.6 Å². The van der Waals surface area contributed by atoms with Gasteiger partial charge in [-0.15, -0.1) is 0 Å². The van der Waals surface area contributed by atoms with Crippen LogP contribution in [0.1, 0.15) is 43.4 Å². The molecule has 0 saturated carbocycles. The highest BCUT2D eigenvalue weighted by Gasteiger charge is 2.15. The fourth-order valence-corrected chi connectivity index (χ4v) is 2.68. The first-order chi connectivity index (χ1) is 13.8. The smallest absolute Gasteiger partial charge is 0.116 e. The van der Waals surface area contributed by atoms with Crippen LogP contribution in [0, 0.1) is 23.7 Å². The van der Waals surface area contributed by atoms with Gasteiger partial charge in [0.1, 0.15) is 6.10 Å². The van der Waals surface area contributed by atoms with Gasteiger partial charge in [-0.2, -0.15) is 0 Å². The lowest BCUT2D eigenvalue weighted by molar-refractivity contribution is 0.0917. The van der Waals surface area contributed by atoms with Gasteiger partial charge in [0, 0.05) is 44.0 Å². The van der Waals surface area contributed by atoms with E-state index >= 15 is 0 Å². The lowest BCUT2D eigenvalue weighted by Gasteiger charge is -2.17. The number of rotatable bonds is 8. The van der Waals surface area contributed by atoms with Crippen molar-refractivity contribution in [2.24, 2.45) is 0 Å². The van der Waals surface area contributed by atoms with Crippen LogP contribution >= 0.6 is 0 Å². The summed E-state index contributed by atoms with van der Waals surface area (Å²) >= 11 is 0. The van der Waals surface area contributed by atoms with Crippen LogP contribution < -0.4 is 0 Å². The van der Waals surface area contributed by atoms with Crippen molar-refractivity contribution in [2.75, 3.05) is 20.3 Å². The van der Waals surface area contributed by atoms with Crippen molar-refractivity contribution in [3.8, 4) is 23.7 Å². The van der Waals surface area contributed by atoms with Crippen LogP contribution in [0.15, 0.2) is 72.3 Å². The van der Waals surface area contributed by atoms with Crippen LogP contribution in [0.4, 0.5) is 0 Å². The minimum absolute atomic E-state index is 0.206.